The van der Waals surface area contributed by atoms with Crippen molar-refractivity contribution in [1.29, 1.82) is 5.26 Å². The number of nitrogens with zero attached hydrogens (tertiary/aromatic N) is 11. The van der Waals surface area contributed by atoms with Crippen molar-refractivity contribution in [3.8, 4) is 11.8 Å². The van der Waals surface area contributed by atoms with Gasteiger partial charge in [0.25, 0.3) is 0 Å². The number of anilines is 5. The van der Waals surface area contributed by atoms with Crippen molar-refractivity contribution < 1.29 is 79.9 Å². The second-order valence-corrected chi connectivity index (χ2v) is 41.6. The van der Waals surface area contributed by atoms with Gasteiger partial charge in [-0.1, -0.05) is 126 Å². The number of ether oxygens (including phenoxy) is 1. The Morgan fingerprint density at radius 2 is 0.764 bits per heavy atom. The molecule has 3 atom stereocenters. The molecule has 8 aromatic carbocycles. The molecule has 5 amide bonds. The molecule has 13 aromatic rings. The third-order valence-corrected chi connectivity index (χ3v) is 27.3. The fraction of sp³-hybridized carbons (Fsp3) is 0.443. The van der Waals surface area contributed by atoms with Crippen molar-refractivity contribution in [2.45, 2.75) is 283 Å². The Morgan fingerprint density at radius 3 is 1.10 bits per heavy atom. The maximum Gasteiger partial charge on any atom is 0.387 e. The number of alkyl halides is 2. The van der Waals surface area contributed by atoms with Gasteiger partial charge in [-0.25, -0.2) is 46.9 Å². The number of thioether (sulfide) groups is 1. The summed E-state index contributed by atoms with van der Waals surface area (Å²) in [5.41, 5.74) is 2.50. The van der Waals surface area contributed by atoms with Crippen LogP contribution in [0.4, 0.5) is 60.5 Å². The summed E-state index contributed by atoms with van der Waals surface area (Å²) in [5.74, 6) is -2.17. The van der Waals surface area contributed by atoms with Crippen LogP contribution in [-0.4, -0.2) is 116 Å². The Hall–Kier alpha value is -12.6. The van der Waals surface area contributed by atoms with Crippen molar-refractivity contribution >= 4 is 126 Å². The SMILES string of the molecule is CC(C)(C)CC(=O)Nc1nc2c(F)cc(C#N)cc2n1C1CCC1.CC(O)(CC(=O)Nc1nc2c(F)cc(OC(F)F)cc2n1C1(C)CCC1)c1ccccc1.CSCC(=O)Nc1nc2c(F)cc(C(C)(C)O)cc2n1C1CCC1.C[C@@H](CC(=O)Nc1nc2c(F)cc(C(C)(C)O)cc2n1C1CCC1)c1ccccc1.C[C@H](CC(=O)Nc1nc2c(F)cc(C(C)(C)O)cc2n1C1CCC1)c1ccccc1. The molecule has 0 radical (unpaired) electrons. The van der Waals surface area contributed by atoms with Crippen LogP contribution in [0.15, 0.2) is 152 Å². The van der Waals surface area contributed by atoms with Gasteiger partial charge in [-0.2, -0.15) is 25.8 Å². The Kier molecular flexibility index (Phi) is 31.3. The summed E-state index contributed by atoms with van der Waals surface area (Å²) in [7, 11) is 0. The molecule has 0 bridgehead atoms. The monoisotopic (exact) mass is 1940 g/mol. The lowest BCUT2D eigenvalue weighted by Crippen LogP contribution is -2.38. The molecule has 1 unspecified atom stereocenters. The van der Waals surface area contributed by atoms with E-state index in [2.05, 4.69) is 56.2 Å². The van der Waals surface area contributed by atoms with Crippen molar-refractivity contribution in [3.05, 3.63) is 220 Å². The van der Waals surface area contributed by atoms with E-state index in [0.29, 0.717) is 93.1 Å². The molecule has 140 heavy (non-hydrogen) atoms. The summed E-state index contributed by atoms with van der Waals surface area (Å²) < 4.78 is 112. The number of rotatable bonds is 27. The number of halogens is 7. The molecular weight excluding hydrogens is 1820 g/mol. The molecule has 5 aromatic heterocycles. The van der Waals surface area contributed by atoms with E-state index in [1.165, 1.54) is 49.0 Å². The summed E-state index contributed by atoms with van der Waals surface area (Å²) >= 11 is 1.42. The van der Waals surface area contributed by atoms with Gasteiger partial charge in [-0.3, -0.25) is 50.6 Å². The molecule has 9 N–H and O–H groups in total. The van der Waals surface area contributed by atoms with Gasteiger partial charge in [0, 0.05) is 61.1 Å². The lowest BCUT2D eigenvalue weighted by Gasteiger charge is -2.41. The largest absolute Gasteiger partial charge is 0.435 e. The number of hydrogen-bond acceptors (Lipinski definition) is 17. The van der Waals surface area contributed by atoms with Crippen molar-refractivity contribution in [1.82, 2.24) is 47.8 Å². The van der Waals surface area contributed by atoms with Crippen LogP contribution in [0.1, 0.15) is 287 Å². The molecule has 5 heterocycles. The fourth-order valence-corrected chi connectivity index (χ4v) is 18.3. The number of fused-ring (bicyclic) bond motifs is 5. The second kappa shape index (κ2) is 42.5. The third kappa shape index (κ3) is 24.0. The maximum absolute atomic E-state index is 14.8. The van der Waals surface area contributed by atoms with Crippen molar-refractivity contribution in [3.63, 3.8) is 0 Å². The molecule has 18 rings (SSSR count). The van der Waals surface area contributed by atoms with E-state index in [0.717, 1.165) is 114 Å². The zero-order valence-corrected chi connectivity index (χ0v) is 82.1. The van der Waals surface area contributed by atoms with Crippen LogP contribution in [0, 0.1) is 45.8 Å². The highest BCUT2D eigenvalue weighted by molar-refractivity contribution is 7.99. The Balaban J connectivity index is 0.000000140. The van der Waals surface area contributed by atoms with Gasteiger partial charge in [-0.15, -0.1) is 0 Å². The van der Waals surface area contributed by atoms with Gasteiger partial charge in [0.15, 0.2) is 29.1 Å². The predicted molar refractivity (Wildman–Crippen MR) is 530 cm³/mol. The fourth-order valence-electron chi connectivity index (χ4n) is 18.0. The highest BCUT2D eigenvalue weighted by Gasteiger charge is 2.41. The van der Waals surface area contributed by atoms with Gasteiger partial charge in [-0.05, 0) is 257 Å². The molecule has 34 heteroatoms. The third-order valence-electron chi connectivity index (χ3n) is 26.7. The molecule has 0 saturated heterocycles. The van der Waals surface area contributed by atoms with Crippen LogP contribution in [0.25, 0.3) is 55.2 Å². The number of nitriles is 1. The summed E-state index contributed by atoms with van der Waals surface area (Å²) in [5, 5.41) is 65.0. The van der Waals surface area contributed by atoms with E-state index in [9.17, 15) is 75.1 Å². The minimum atomic E-state index is -3.10. The molecule has 26 nitrogen and oxygen atoms in total. The highest BCUT2D eigenvalue weighted by atomic mass is 32.2. The normalized spacial score (nSPS) is 15.9. The first-order valence-electron chi connectivity index (χ1n) is 47.6. The molecule has 0 spiro atoms. The first-order chi connectivity index (χ1) is 66.1. The number of nitrogens with one attached hydrogen (secondary N) is 5. The Labute approximate surface area is 812 Å². The first-order valence-corrected chi connectivity index (χ1v) is 49.0. The molecule has 5 aliphatic carbocycles. The lowest BCUT2D eigenvalue weighted by atomic mass is 9.78. The summed E-state index contributed by atoms with van der Waals surface area (Å²) in [6.07, 6.45) is 17.1. The predicted octanol–water partition coefficient (Wildman–Crippen LogP) is 23.0. The molecule has 0 aliphatic heterocycles. The molecule has 5 fully saturated rings. The van der Waals surface area contributed by atoms with Gasteiger partial charge >= 0.3 is 6.61 Å². The highest BCUT2D eigenvalue weighted by Crippen LogP contribution is 2.48. The summed E-state index contributed by atoms with van der Waals surface area (Å²) in [6.45, 7) is 20.1. The maximum atomic E-state index is 14.8. The van der Waals surface area contributed by atoms with E-state index in [1.54, 1.807) is 94.6 Å². The van der Waals surface area contributed by atoms with Gasteiger partial charge < -0.3 is 48.0 Å². The van der Waals surface area contributed by atoms with Gasteiger partial charge in [0.05, 0.1) is 73.8 Å². The van der Waals surface area contributed by atoms with Crippen LogP contribution in [0.2, 0.25) is 0 Å². The van der Waals surface area contributed by atoms with E-state index in [-0.39, 0.29) is 122 Å². The van der Waals surface area contributed by atoms with Crippen LogP contribution in [0.5, 0.6) is 5.75 Å². The molecule has 742 valence electrons. The smallest absolute Gasteiger partial charge is 0.387 e. The average Bonchev–Trinajstić information content (AvgIpc) is 1.58. The lowest BCUT2D eigenvalue weighted by molar-refractivity contribution is -0.121. The Morgan fingerprint density at radius 1 is 0.436 bits per heavy atom. The van der Waals surface area contributed by atoms with E-state index in [1.807, 2.05) is 139 Å². The van der Waals surface area contributed by atoms with Gasteiger partial charge in [0.2, 0.25) is 59.3 Å². The number of benzene rings is 8. The molecular formula is C106H123F7N16O10S. The number of amides is 5. The van der Waals surface area contributed by atoms with Crippen LogP contribution in [-0.2, 0) is 51.9 Å². The summed E-state index contributed by atoms with van der Waals surface area (Å²) in [4.78, 5) is 84.4. The number of hydrogen-bond donors (Lipinski definition) is 9. The molecule has 5 saturated carbocycles. The number of aliphatic hydroxyl groups is 4. The quantitative estimate of drug-likeness (QED) is 0.0216. The number of imidazole rings is 5. The van der Waals surface area contributed by atoms with Gasteiger partial charge in [0.1, 0.15) is 33.3 Å². The number of aromatic nitrogens is 10. The van der Waals surface area contributed by atoms with E-state index in [4.69, 9.17) is 5.26 Å². The van der Waals surface area contributed by atoms with Crippen LogP contribution < -0.4 is 31.3 Å². The van der Waals surface area contributed by atoms with E-state index < -0.39 is 69.5 Å². The number of carbonyl (C=O) groups is 5. The standard InChI is InChI=1S/2C24H28FN3O2.C23H24F3N3O3.C18H21FN4O.C17H22FN3O2S/c2*1-15(16-8-5-4-6-9-16)12-21(29)26-23-27-22-19(25)13-17(24(2,3)30)14-20(22)28(23)18-10-7-11-18;1-22(9-6-10-22)29-17-12-15(32-20(25)26)11-16(24)19(17)28-21(29)27-18(30)13-23(2,31)14-7-4-3-5-8-14;1-18(2,3)9-15(24)21-17-22-16-13(19)7-11(10-20)8-14(16)23(17)12-5-4-6-12;1-17(2,23)10-7-12(18)15-13(8-10)21(11-5-4-6-11)16(20-15)19-14(22)9-24-3/h2*4-6,8-9,13-15,18,30H,7,10-12H2,1-3H3,(H,26,27,29);3-5,7-8,11-12,20,31H,6,9-10,13H2,1-2H3,(H,27,28,30);7-8,12H,4-6,9H2,1-3H3,(H,21,22,24);7-8,11,23H,4-6,9H2,1-3H3,(H,19,20,22)/t2*15-;;;/m10.../s1. The topological polar surface area (TPSA) is 349 Å². The molecule has 5 aliphatic rings. The van der Waals surface area contributed by atoms with Crippen molar-refractivity contribution in [2.75, 3.05) is 38.6 Å². The zero-order chi connectivity index (χ0) is 101. The first kappa shape index (κ1) is 103. The minimum Gasteiger partial charge on any atom is -0.435 e. The van der Waals surface area contributed by atoms with Crippen molar-refractivity contribution in [2.24, 2.45) is 5.41 Å². The minimum absolute atomic E-state index is 0.0511. The second-order valence-electron chi connectivity index (χ2n) is 40.7. The zero-order valence-electron chi connectivity index (χ0n) is 81.3. The average molecular weight is 1950 g/mol. The van der Waals surface area contributed by atoms with Crippen LogP contribution in [0.3, 0.4) is 0 Å². The Bertz CT molecular complexity index is 6570. The summed E-state index contributed by atoms with van der Waals surface area (Å²) in [6, 6.07) is 45.5. The number of carbonyl (C=O) groups excluding carboxylic acids is 5. The van der Waals surface area contributed by atoms with E-state index >= 15 is 0 Å². The van der Waals surface area contributed by atoms with Crippen LogP contribution >= 0.6 is 11.8 Å².